The molecule has 0 amide bonds. The molecule has 1 atom stereocenters. The zero-order valence-electron chi connectivity index (χ0n) is 8.99. The lowest BCUT2D eigenvalue weighted by Crippen LogP contribution is -2.43. The van der Waals surface area contributed by atoms with Crippen LogP contribution in [0, 0.1) is 0 Å². The summed E-state index contributed by atoms with van der Waals surface area (Å²) in [6.07, 6.45) is 1.58. The summed E-state index contributed by atoms with van der Waals surface area (Å²) in [7, 11) is 1.62. The van der Waals surface area contributed by atoms with Crippen LogP contribution in [-0.2, 0) is 4.74 Å². The first-order chi connectivity index (χ1) is 6.74. The smallest absolute Gasteiger partial charge is 0.188 e. The lowest BCUT2D eigenvalue weighted by Gasteiger charge is -2.17. The molecular weight excluding hydrogens is 182 g/mol. The fourth-order valence-electron chi connectivity index (χ4n) is 1.04. The summed E-state index contributed by atoms with van der Waals surface area (Å²) in [5, 5.41) is 11.8. The van der Waals surface area contributed by atoms with E-state index in [0.717, 1.165) is 13.0 Å². The number of rotatable bonds is 7. The van der Waals surface area contributed by atoms with Gasteiger partial charge in [0.25, 0.3) is 0 Å². The summed E-state index contributed by atoms with van der Waals surface area (Å²) in [6.45, 7) is 3.39. The van der Waals surface area contributed by atoms with Crippen LogP contribution in [0.4, 0.5) is 0 Å². The Hall–Kier alpha value is -0.810. The van der Waals surface area contributed by atoms with E-state index in [9.17, 15) is 0 Å². The van der Waals surface area contributed by atoms with Gasteiger partial charge in [-0.15, -0.1) is 0 Å². The van der Waals surface area contributed by atoms with Crippen molar-refractivity contribution in [1.29, 1.82) is 0 Å². The first-order valence-electron chi connectivity index (χ1n) is 4.90. The Morgan fingerprint density at radius 2 is 2.36 bits per heavy atom. The first kappa shape index (κ1) is 13.2. The van der Waals surface area contributed by atoms with Crippen LogP contribution in [0.3, 0.4) is 0 Å². The molecule has 0 aromatic heterocycles. The number of methoxy groups -OCH3 is 1. The van der Waals surface area contributed by atoms with E-state index < -0.39 is 0 Å². The summed E-state index contributed by atoms with van der Waals surface area (Å²) in [5.41, 5.74) is 5.62. The van der Waals surface area contributed by atoms with Crippen LogP contribution in [0.2, 0.25) is 0 Å². The second kappa shape index (κ2) is 8.77. The number of aliphatic hydroxyl groups is 1. The van der Waals surface area contributed by atoms with Gasteiger partial charge in [0, 0.05) is 20.3 Å². The molecule has 0 saturated heterocycles. The van der Waals surface area contributed by atoms with Crippen molar-refractivity contribution in [2.45, 2.75) is 25.8 Å². The van der Waals surface area contributed by atoms with Gasteiger partial charge in [-0.1, -0.05) is 6.92 Å². The van der Waals surface area contributed by atoms with Crippen molar-refractivity contribution in [3.05, 3.63) is 0 Å². The molecule has 0 bridgehead atoms. The average molecular weight is 203 g/mol. The molecule has 0 aromatic carbocycles. The summed E-state index contributed by atoms with van der Waals surface area (Å²) < 4.78 is 4.98. The molecule has 1 unspecified atom stereocenters. The van der Waals surface area contributed by atoms with Gasteiger partial charge in [0.1, 0.15) is 0 Å². The van der Waals surface area contributed by atoms with Crippen molar-refractivity contribution in [2.24, 2.45) is 10.7 Å². The molecule has 14 heavy (non-hydrogen) atoms. The van der Waals surface area contributed by atoms with Crippen molar-refractivity contribution in [3.8, 4) is 0 Å². The number of guanidine groups is 1. The number of aliphatic hydroxyl groups excluding tert-OH is 1. The highest BCUT2D eigenvalue weighted by atomic mass is 16.5. The van der Waals surface area contributed by atoms with Crippen LogP contribution in [0.25, 0.3) is 0 Å². The minimum absolute atomic E-state index is 0.0330. The molecule has 0 radical (unpaired) electrons. The van der Waals surface area contributed by atoms with E-state index >= 15 is 0 Å². The van der Waals surface area contributed by atoms with E-state index in [0.29, 0.717) is 19.0 Å². The van der Waals surface area contributed by atoms with E-state index in [1.54, 1.807) is 7.11 Å². The van der Waals surface area contributed by atoms with Gasteiger partial charge >= 0.3 is 0 Å². The molecule has 0 heterocycles. The van der Waals surface area contributed by atoms with Crippen LogP contribution >= 0.6 is 0 Å². The van der Waals surface area contributed by atoms with Gasteiger partial charge in [-0.25, -0.2) is 0 Å². The molecule has 5 nitrogen and oxygen atoms in total. The molecule has 0 aliphatic heterocycles. The van der Waals surface area contributed by atoms with Crippen LogP contribution in [0.1, 0.15) is 19.8 Å². The quantitative estimate of drug-likeness (QED) is 0.392. The molecular formula is C9H21N3O2. The Labute approximate surface area is 85.4 Å². The van der Waals surface area contributed by atoms with Crippen LogP contribution in [0.15, 0.2) is 4.99 Å². The minimum atomic E-state index is 0.0330. The number of nitrogens with zero attached hydrogens (tertiary/aromatic N) is 1. The number of ether oxygens (including phenoxy) is 1. The molecule has 0 rings (SSSR count). The van der Waals surface area contributed by atoms with Crippen LogP contribution < -0.4 is 11.1 Å². The zero-order valence-corrected chi connectivity index (χ0v) is 8.99. The topological polar surface area (TPSA) is 79.9 Å². The van der Waals surface area contributed by atoms with Gasteiger partial charge in [-0.3, -0.25) is 4.99 Å². The van der Waals surface area contributed by atoms with Crippen molar-refractivity contribution in [3.63, 3.8) is 0 Å². The van der Waals surface area contributed by atoms with Crippen molar-refractivity contribution < 1.29 is 9.84 Å². The predicted molar refractivity (Wildman–Crippen MR) is 57.3 cm³/mol. The van der Waals surface area contributed by atoms with E-state index in [-0.39, 0.29) is 12.6 Å². The molecule has 0 spiro atoms. The predicted octanol–water partition coefficient (Wildman–Crippen LogP) is -0.302. The third-order valence-corrected chi connectivity index (χ3v) is 1.70. The SMILES string of the molecule is CCCN=C(N)NC(CCO)COC. The van der Waals surface area contributed by atoms with Crippen LogP contribution in [-0.4, -0.2) is 44.0 Å². The third kappa shape index (κ3) is 6.68. The lowest BCUT2D eigenvalue weighted by molar-refractivity contribution is 0.156. The second-order valence-electron chi connectivity index (χ2n) is 3.08. The van der Waals surface area contributed by atoms with Crippen molar-refractivity contribution in [2.75, 3.05) is 26.9 Å². The summed E-state index contributed by atoms with van der Waals surface area (Å²) >= 11 is 0. The minimum Gasteiger partial charge on any atom is -0.396 e. The maximum atomic E-state index is 8.78. The van der Waals surface area contributed by atoms with Gasteiger partial charge in [0.2, 0.25) is 0 Å². The molecule has 0 fully saturated rings. The maximum absolute atomic E-state index is 8.78. The molecule has 4 N–H and O–H groups in total. The van der Waals surface area contributed by atoms with Gasteiger partial charge in [-0.05, 0) is 12.8 Å². The Morgan fingerprint density at radius 3 is 2.86 bits per heavy atom. The monoisotopic (exact) mass is 203 g/mol. The Kier molecular flexibility index (Phi) is 8.27. The second-order valence-corrected chi connectivity index (χ2v) is 3.08. The molecule has 0 saturated carbocycles. The van der Waals surface area contributed by atoms with E-state index in [1.807, 2.05) is 6.92 Å². The van der Waals surface area contributed by atoms with E-state index in [1.165, 1.54) is 0 Å². The highest BCUT2D eigenvalue weighted by Gasteiger charge is 2.07. The lowest BCUT2D eigenvalue weighted by atomic mass is 10.2. The number of hydrogen-bond acceptors (Lipinski definition) is 3. The van der Waals surface area contributed by atoms with Crippen molar-refractivity contribution >= 4 is 5.96 Å². The van der Waals surface area contributed by atoms with Gasteiger partial charge < -0.3 is 20.9 Å². The molecule has 0 aliphatic rings. The normalized spacial score (nSPS) is 14.1. The average Bonchev–Trinajstić information content (AvgIpc) is 2.15. The number of nitrogens with two attached hydrogens (primary N) is 1. The van der Waals surface area contributed by atoms with Crippen molar-refractivity contribution in [1.82, 2.24) is 5.32 Å². The first-order valence-corrected chi connectivity index (χ1v) is 4.90. The summed E-state index contributed by atoms with van der Waals surface area (Å²) in [6, 6.07) is 0.0330. The van der Waals surface area contributed by atoms with E-state index in [4.69, 9.17) is 15.6 Å². The Morgan fingerprint density at radius 1 is 1.64 bits per heavy atom. The van der Waals surface area contributed by atoms with E-state index in [2.05, 4.69) is 10.3 Å². The third-order valence-electron chi connectivity index (χ3n) is 1.70. The largest absolute Gasteiger partial charge is 0.396 e. The maximum Gasteiger partial charge on any atom is 0.188 e. The number of aliphatic imine (C=N–C) groups is 1. The highest BCUT2D eigenvalue weighted by molar-refractivity contribution is 5.78. The Balaban J connectivity index is 3.87. The fraction of sp³-hybridized carbons (Fsp3) is 0.889. The highest BCUT2D eigenvalue weighted by Crippen LogP contribution is 1.91. The molecule has 5 heteroatoms. The zero-order chi connectivity index (χ0) is 10.8. The number of nitrogens with one attached hydrogen (secondary N) is 1. The van der Waals surface area contributed by atoms with Crippen LogP contribution in [0.5, 0.6) is 0 Å². The molecule has 0 aromatic rings. The van der Waals surface area contributed by atoms with Gasteiger partial charge in [0.15, 0.2) is 5.96 Å². The fourth-order valence-corrected chi connectivity index (χ4v) is 1.04. The summed E-state index contributed by atoms with van der Waals surface area (Å²) in [5.74, 6) is 0.419. The van der Waals surface area contributed by atoms with Gasteiger partial charge in [-0.2, -0.15) is 0 Å². The van der Waals surface area contributed by atoms with Gasteiger partial charge in [0.05, 0.1) is 12.6 Å². The molecule has 84 valence electrons. The summed E-state index contributed by atoms with van der Waals surface area (Å²) in [4.78, 5) is 4.09. The standard InChI is InChI=1S/C9H21N3O2/c1-3-5-11-9(10)12-8(4-6-13)7-14-2/h8,13H,3-7H2,1-2H3,(H3,10,11,12). The molecule has 0 aliphatic carbocycles. The number of hydrogen-bond donors (Lipinski definition) is 3. The Bertz CT molecular complexity index is 156.